The third-order valence-electron chi connectivity index (χ3n) is 0. The van der Waals surface area contributed by atoms with E-state index >= 15 is 0 Å². The summed E-state index contributed by atoms with van der Waals surface area (Å²) in [6.07, 6.45) is 0. The fourth-order valence-electron chi connectivity index (χ4n) is 0. The molecule has 0 heterocycles. The molecule has 0 aliphatic carbocycles. The predicted octanol–water partition coefficient (Wildman–Crippen LogP) is 0.948. The first-order valence-electron chi connectivity index (χ1n) is 0. The summed E-state index contributed by atoms with van der Waals surface area (Å²) in [6, 6.07) is 0. The van der Waals surface area contributed by atoms with E-state index in [1.807, 2.05) is 0 Å². The van der Waals surface area contributed by atoms with Crippen molar-refractivity contribution in [3.8, 4) is 0 Å². The van der Waals surface area contributed by atoms with Gasteiger partial charge in [0.1, 0.15) is 0 Å². The van der Waals surface area contributed by atoms with Crippen molar-refractivity contribution < 1.29 is 10.2 Å². The number of hydrogen-bond acceptors (Lipinski definition) is 1. The number of halogens is 1. The Morgan fingerprint density at radius 2 is 0.800 bits per heavy atom. The Morgan fingerprint density at radius 1 is 0.800 bits per heavy atom. The molecule has 0 saturated heterocycles. The lowest BCUT2D eigenvalue weighted by molar-refractivity contribution is 0.686. The van der Waals surface area contributed by atoms with Gasteiger partial charge in [-0.1, -0.05) is 0 Å². The Balaban J connectivity index is 0. The van der Waals surface area contributed by atoms with Gasteiger partial charge in [-0.05, 0) is 0 Å². The molecule has 0 rings (SSSR count). The molecule has 0 aliphatic rings. The van der Waals surface area contributed by atoms with Crippen LogP contribution in [0.3, 0.4) is 0 Å². The van der Waals surface area contributed by atoms with E-state index in [4.69, 9.17) is 0 Å². The highest BCUT2D eigenvalue weighted by Gasteiger charge is -0.269. The Morgan fingerprint density at radius 3 is 0.800 bits per heavy atom. The van der Waals surface area contributed by atoms with E-state index in [1.54, 1.807) is 0 Å². The Hall–Kier alpha value is -0.230. The second-order valence-corrected chi connectivity index (χ2v) is 0. The van der Waals surface area contributed by atoms with Gasteiger partial charge < -0.3 is 23.9 Å². The van der Waals surface area contributed by atoms with Crippen LogP contribution in [0.15, 0.2) is 0 Å². The van der Waals surface area contributed by atoms with Gasteiger partial charge in [0.05, 0.1) is 0 Å². The Bertz CT molecular complexity index is 6.85. The van der Waals surface area contributed by atoms with Crippen LogP contribution in [-0.2, 0) is 5.48 Å². The van der Waals surface area contributed by atoms with Crippen LogP contribution in [0.25, 0.3) is 0 Å². The van der Waals surface area contributed by atoms with Crippen molar-refractivity contribution in [3.63, 3.8) is 0 Å². The summed E-state index contributed by atoms with van der Waals surface area (Å²) in [6.45, 7) is 0. The zero-order valence-electron chi connectivity index (χ0n) is 3.52. The molecule has 0 radical (unpaired) electrons. The van der Waals surface area contributed by atoms with Gasteiger partial charge in [0.15, 0.2) is 0 Å². The largest absolute Gasteiger partial charge is 2.00 e. The number of rotatable bonds is 0. The number of quaternary nitrogens is 2. The summed E-state index contributed by atoms with van der Waals surface area (Å²) in [7, 11) is 0. The predicted molar refractivity (Wildman–Crippen MR) is 20.2 cm³/mol. The van der Waals surface area contributed by atoms with Gasteiger partial charge in [-0.2, -0.15) is 0 Å². The van der Waals surface area contributed by atoms with Crippen molar-refractivity contribution in [2.75, 3.05) is 0 Å². The van der Waals surface area contributed by atoms with Gasteiger partial charge in [0, 0.05) is 0 Å². The zero-order valence-corrected chi connectivity index (χ0v) is 3.52. The van der Waals surface area contributed by atoms with Crippen molar-refractivity contribution in [1.82, 2.24) is 18.5 Å². The van der Waals surface area contributed by atoms with E-state index in [-0.39, 0.29) is 28.6 Å². The molecule has 11 N–H and O–H groups in total. The first kappa shape index (κ1) is 1280. The fourth-order valence-corrected chi connectivity index (χ4v) is 0. The van der Waals surface area contributed by atoms with Crippen LogP contribution in [-0.4, -0.2) is 0 Å². The van der Waals surface area contributed by atoms with Gasteiger partial charge in [0.2, 0.25) is 0 Å². The molecule has 0 saturated carbocycles. The van der Waals surface area contributed by atoms with E-state index in [0.29, 0.717) is 0 Å². The summed E-state index contributed by atoms with van der Waals surface area (Å²) in [5.74, 6) is 0. The van der Waals surface area contributed by atoms with Crippen LogP contribution in [0.4, 0.5) is 4.70 Å². The molecule has 0 aromatic carbocycles. The molecule has 0 aliphatic heterocycles. The molecule has 0 aromatic rings. The summed E-state index contributed by atoms with van der Waals surface area (Å²) < 4.78 is 0. The average molecular weight is 89.1 g/mol. The summed E-state index contributed by atoms with van der Waals surface area (Å²) in [4.78, 5) is 0. The molecule has 0 amide bonds. The van der Waals surface area contributed by atoms with E-state index < -0.39 is 0 Å². The lowest BCUT2D eigenvalue weighted by atomic mass is 14.0. The SMILES string of the molecule is F.N.[NH4+].[NH4+].[O-2]. The van der Waals surface area contributed by atoms with Crippen molar-refractivity contribution in [1.29, 1.82) is 0 Å². The first-order chi connectivity index (χ1) is 0. The highest BCUT2D eigenvalue weighted by Crippen LogP contribution is 0.420. The molecule has 0 spiro atoms. The van der Waals surface area contributed by atoms with Gasteiger partial charge in [-0.25, -0.2) is 0 Å². The van der Waals surface area contributed by atoms with E-state index in [0.717, 1.165) is 0 Å². The Kier molecular flexibility index (Phi) is 140000. The molecule has 5 heteroatoms. The van der Waals surface area contributed by atoms with Gasteiger partial charge in [-0.15, -0.1) is 0 Å². The van der Waals surface area contributed by atoms with Crippen molar-refractivity contribution in [3.05, 3.63) is 0 Å². The van der Waals surface area contributed by atoms with Crippen molar-refractivity contribution in [2.24, 2.45) is 0 Å². The molecular weight excluding hydrogens is 77.0 g/mol. The van der Waals surface area contributed by atoms with Crippen LogP contribution in [0, 0.1) is 0 Å². The van der Waals surface area contributed by atoms with Crippen molar-refractivity contribution in [2.45, 2.75) is 0 Å². The monoisotopic (exact) mass is 89.1 g/mol. The zero-order chi connectivity index (χ0) is 0. The maximum atomic E-state index is 0. The van der Waals surface area contributed by atoms with Gasteiger partial charge in [0.25, 0.3) is 0 Å². The molecular formula is H12FN3O. The minimum Gasteiger partial charge on any atom is -2.00 e. The van der Waals surface area contributed by atoms with Crippen LogP contribution in [0.5, 0.6) is 0 Å². The molecule has 4 nitrogen and oxygen atoms in total. The van der Waals surface area contributed by atoms with Gasteiger partial charge in [-0.3, -0.25) is 4.70 Å². The minimum atomic E-state index is 0. The maximum Gasteiger partial charge on any atom is -0.269 e. The molecule has 0 bridgehead atoms. The average Bonchev–Trinajstić information content (AvgIpc) is 0. The summed E-state index contributed by atoms with van der Waals surface area (Å²) >= 11 is 0. The fraction of sp³-hybridized carbons (Fsp3) is 0. The number of hydrogen-bond donors (Lipinski definition) is 3. The smallest absolute Gasteiger partial charge is 0.269 e. The third kappa shape index (κ3) is 223. The third-order valence-corrected chi connectivity index (χ3v) is 0. The van der Waals surface area contributed by atoms with Crippen molar-refractivity contribution >= 4 is 0 Å². The molecule has 0 unspecified atom stereocenters. The van der Waals surface area contributed by atoms with Gasteiger partial charge >= 0.3 is 0 Å². The van der Waals surface area contributed by atoms with Crippen LogP contribution < -0.4 is 18.5 Å². The van der Waals surface area contributed by atoms with Crippen LogP contribution in [0.1, 0.15) is 0 Å². The second-order valence-electron chi connectivity index (χ2n) is 0. The molecule has 0 fully saturated rings. The highest BCUT2D eigenvalue weighted by molar-refractivity contribution is 2.14. The second kappa shape index (κ2) is 547. The van der Waals surface area contributed by atoms with E-state index in [9.17, 15) is 0 Å². The van der Waals surface area contributed by atoms with Crippen LogP contribution >= 0.6 is 0 Å². The molecule has 0 aromatic heterocycles. The van der Waals surface area contributed by atoms with Crippen LogP contribution in [0.2, 0.25) is 0 Å². The highest BCUT2D eigenvalue weighted by atomic mass is 19.0. The summed E-state index contributed by atoms with van der Waals surface area (Å²) in [5, 5.41) is 0. The topological polar surface area (TPSA) is 136 Å². The molecule has 5 heavy (non-hydrogen) atoms. The molecule has 40 valence electrons. The quantitative estimate of drug-likeness (QED) is 0.399. The standard InChI is InChI=1S/FH.3H3N.O/h1H;3*1H3;/q;;;;-2/p+2. The van der Waals surface area contributed by atoms with E-state index in [2.05, 4.69) is 0 Å². The Labute approximate surface area is 30.0 Å². The maximum absolute atomic E-state index is 0. The lowest BCUT2D eigenvalue weighted by Crippen LogP contribution is -0.482. The lowest BCUT2D eigenvalue weighted by Gasteiger charge is -2.00. The first-order valence-corrected chi connectivity index (χ1v) is 0. The summed E-state index contributed by atoms with van der Waals surface area (Å²) in [5.41, 5.74) is 0. The minimum absolute atomic E-state index is 0. The van der Waals surface area contributed by atoms with E-state index in [1.165, 1.54) is 0 Å². The normalized spacial score (nSPS) is 0. The molecule has 0 atom stereocenters.